The predicted octanol–water partition coefficient (Wildman–Crippen LogP) is 4.53. The van der Waals surface area contributed by atoms with Gasteiger partial charge < -0.3 is 4.74 Å². The van der Waals surface area contributed by atoms with Crippen LogP contribution in [0.2, 0.25) is 0 Å². The summed E-state index contributed by atoms with van der Waals surface area (Å²) in [5.74, 6) is 3.70. The van der Waals surface area contributed by atoms with Crippen LogP contribution in [0.3, 0.4) is 0 Å². The minimum Gasteiger partial charge on any atom is -0.462 e. The van der Waals surface area contributed by atoms with Crippen LogP contribution >= 0.6 is 0 Å². The summed E-state index contributed by atoms with van der Waals surface area (Å²) in [7, 11) is 0. The largest absolute Gasteiger partial charge is 0.462 e. The first-order valence-corrected chi connectivity index (χ1v) is 8.39. The summed E-state index contributed by atoms with van der Waals surface area (Å²) in [6.45, 7) is 15.4. The maximum atomic E-state index is 12.7. The van der Waals surface area contributed by atoms with Gasteiger partial charge in [-0.25, -0.2) is 0 Å². The Balaban J connectivity index is 2.03. The average molecular weight is 280 g/mol. The lowest BCUT2D eigenvalue weighted by Crippen LogP contribution is -2.42. The molecule has 20 heavy (non-hydrogen) atoms. The normalized spacial score (nSPS) is 42.8. The maximum absolute atomic E-state index is 12.7. The highest BCUT2D eigenvalue weighted by atomic mass is 16.5. The maximum Gasteiger partial charge on any atom is 0.312 e. The zero-order valence-corrected chi connectivity index (χ0v) is 14.3. The fourth-order valence-corrected chi connectivity index (χ4v) is 4.54. The van der Waals surface area contributed by atoms with Crippen molar-refractivity contribution in [1.29, 1.82) is 0 Å². The van der Waals surface area contributed by atoms with E-state index in [9.17, 15) is 4.79 Å². The summed E-state index contributed by atoms with van der Waals surface area (Å²) >= 11 is 0. The van der Waals surface area contributed by atoms with Gasteiger partial charge >= 0.3 is 5.97 Å². The van der Waals surface area contributed by atoms with E-state index in [-0.39, 0.29) is 17.5 Å². The van der Waals surface area contributed by atoms with Crippen molar-refractivity contribution in [1.82, 2.24) is 0 Å². The summed E-state index contributed by atoms with van der Waals surface area (Å²) in [5, 5.41) is 0. The smallest absolute Gasteiger partial charge is 0.312 e. The lowest BCUT2D eigenvalue weighted by molar-refractivity contribution is -0.168. The minimum atomic E-state index is -0.235. The van der Waals surface area contributed by atoms with Gasteiger partial charge in [0.25, 0.3) is 0 Å². The molecule has 2 saturated carbocycles. The van der Waals surface area contributed by atoms with E-state index in [1.165, 1.54) is 6.42 Å². The Hall–Kier alpha value is -0.530. The molecular weight excluding hydrogens is 248 g/mol. The van der Waals surface area contributed by atoms with Crippen molar-refractivity contribution in [3.63, 3.8) is 0 Å². The third kappa shape index (κ3) is 2.40. The molecule has 2 nitrogen and oxygen atoms in total. The molecule has 0 N–H and O–H groups in total. The van der Waals surface area contributed by atoms with E-state index in [0.717, 1.165) is 18.3 Å². The third-order valence-corrected chi connectivity index (χ3v) is 6.82. The van der Waals surface area contributed by atoms with Gasteiger partial charge in [-0.15, -0.1) is 0 Å². The van der Waals surface area contributed by atoms with Crippen LogP contribution in [-0.2, 0) is 9.53 Å². The summed E-state index contributed by atoms with van der Waals surface area (Å²) < 4.78 is 5.86. The average Bonchev–Trinajstić information content (AvgIpc) is 2.86. The third-order valence-electron chi connectivity index (χ3n) is 6.82. The summed E-state index contributed by atoms with van der Waals surface area (Å²) in [6.07, 6.45) is 2.28. The van der Waals surface area contributed by atoms with Gasteiger partial charge in [0.15, 0.2) is 0 Å². The van der Waals surface area contributed by atoms with Crippen LogP contribution in [0.1, 0.15) is 61.3 Å². The van der Waals surface area contributed by atoms with Crippen molar-refractivity contribution in [3.8, 4) is 0 Å². The van der Waals surface area contributed by atoms with E-state index in [1.807, 2.05) is 6.92 Å². The quantitative estimate of drug-likeness (QED) is 0.707. The topological polar surface area (TPSA) is 26.3 Å². The van der Waals surface area contributed by atoms with Crippen molar-refractivity contribution >= 4 is 5.97 Å². The lowest BCUT2D eigenvalue weighted by Gasteiger charge is -2.39. The molecule has 0 aromatic heterocycles. The van der Waals surface area contributed by atoms with Gasteiger partial charge in [-0.05, 0) is 62.2 Å². The molecule has 116 valence electrons. The van der Waals surface area contributed by atoms with Crippen LogP contribution < -0.4 is 0 Å². The van der Waals surface area contributed by atoms with E-state index >= 15 is 0 Å². The second kappa shape index (κ2) is 5.35. The fourth-order valence-electron chi connectivity index (χ4n) is 4.54. The van der Waals surface area contributed by atoms with Crippen molar-refractivity contribution in [2.45, 2.75) is 67.4 Å². The highest BCUT2D eigenvalue weighted by Crippen LogP contribution is 2.61. The van der Waals surface area contributed by atoms with E-state index in [0.29, 0.717) is 23.7 Å². The molecule has 0 radical (unpaired) electrons. The van der Waals surface area contributed by atoms with Gasteiger partial charge in [0.1, 0.15) is 6.10 Å². The van der Waals surface area contributed by atoms with Gasteiger partial charge in [0, 0.05) is 0 Å². The number of ether oxygens (including phenoxy) is 1. The number of carbonyl (C=O) groups is 1. The van der Waals surface area contributed by atoms with Crippen LogP contribution in [0.25, 0.3) is 0 Å². The van der Waals surface area contributed by atoms with Crippen molar-refractivity contribution in [3.05, 3.63) is 0 Å². The molecule has 0 amide bonds. The monoisotopic (exact) mass is 280 g/mol. The van der Waals surface area contributed by atoms with Crippen molar-refractivity contribution in [2.24, 2.45) is 40.9 Å². The molecule has 0 spiro atoms. The summed E-state index contributed by atoms with van der Waals surface area (Å²) in [6, 6.07) is 0. The van der Waals surface area contributed by atoms with Crippen LogP contribution in [-0.4, -0.2) is 12.1 Å². The number of hydrogen-bond acceptors (Lipinski definition) is 2. The van der Waals surface area contributed by atoms with E-state index < -0.39 is 0 Å². The molecule has 2 bridgehead atoms. The second-order valence-corrected chi connectivity index (χ2v) is 8.16. The summed E-state index contributed by atoms with van der Waals surface area (Å²) in [5.41, 5.74) is -0.235. The molecule has 2 aliphatic rings. The zero-order chi connectivity index (χ0) is 15.2. The first-order chi connectivity index (χ1) is 9.18. The standard InChI is InChI=1S/C18H32O2/c1-10(2)11(3)14(6)20-17(19)18(7)9-15-8-16(18)13(5)12(15)4/h10-16H,8-9H2,1-7H3. The fraction of sp³-hybridized carbons (Fsp3) is 0.944. The van der Waals surface area contributed by atoms with Gasteiger partial charge in [0.05, 0.1) is 5.41 Å². The molecule has 2 rings (SSSR count). The number of esters is 1. The molecular formula is C18H32O2. The molecule has 0 aliphatic heterocycles. The first-order valence-electron chi connectivity index (χ1n) is 8.39. The van der Waals surface area contributed by atoms with Crippen LogP contribution in [0.4, 0.5) is 0 Å². The molecule has 7 atom stereocenters. The highest BCUT2D eigenvalue weighted by Gasteiger charge is 2.59. The van der Waals surface area contributed by atoms with E-state index in [1.54, 1.807) is 0 Å². The van der Waals surface area contributed by atoms with Crippen molar-refractivity contribution in [2.75, 3.05) is 0 Å². The highest BCUT2D eigenvalue weighted by molar-refractivity contribution is 5.77. The Kier molecular flexibility index (Phi) is 4.24. The molecule has 7 unspecified atom stereocenters. The number of hydrogen-bond donors (Lipinski definition) is 0. The Labute approximate surface area is 124 Å². The minimum absolute atomic E-state index is 0.0196. The molecule has 2 heteroatoms. The van der Waals surface area contributed by atoms with Crippen molar-refractivity contribution < 1.29 is 9.53 Å². The number of fused-ring (bicyclic) bond motifs is 2. The number of carbonyl (C=O) groups excluding carboxylic acids is 1. The Morgan fingerprint density at radius 3 is 2.20 bits per heavy atom. The van der Waals surface area contributed by atoms with Gasteiger partial charge in [-0.1, -0.05) is 34.6 Å². The Bertz CT molecular complexity index is 374. The molecule has 2 fully saturated rings. The molecule has 0 aromatic rings. The zero-order valence-electron chi connectivity index (χ0n) is 14.3. The molecule has 0 aromatic carbocycles. The molecule has 2 aliphatic carbocycles. The van der Waals surface area contributed by atoms with Crippen LogP contribution in [0, 0.1) is 40.9 Å². The Morgan fingerprint density at radius 2 is 1.75 bits per heavy atom. The second-order valence-electron chi connectivity index (χ2n) is 8.16. The SMILES string of the molecule is CC(C)C(C)C(C)OC(=O)C1(C)CC2CC1C(C)C2C. The van der Waals surface area contributed by atoms with E-state index in [2.05, 4.69) is 41.5 Å². The Morgan fingerprint density at radius 1 is 1.15 bits per heavy atom. The predicted molar refractivity (Wildman–Crippen MR) is 82.2 cm³/mol. The molecule has 0 heterocycles. The van der Waals surface area contributed by atoms with Gasteiger partial charge in [-0.3, -0.25) is 4.79 Å². The summed E-state index contributed by atoms with van der Waals surface area (Å²) in [4.78, 5) is 12.7. The number of rotatable bonds is 4. The molecule has 0 saturated heterocycles. The van der Waals surface area contributed by atoms with E-state index in [4.69, 9.17) is 4.74 Å². The van der Waals surface area contributed by atoms with Crippen LogP contribution in [0.5, 0.6) is 0 Å². The lowest BCUT2D eigenvalue weighted by atomic mass is 9.67. The van der Waals surface area contributed by atoms with Crippen LogP contribution in [0.15, 0.2) is 0 Å². The first kappa shape index (κ1) is 15.9. The van der Waals surface area contributed by atoms with Gasteiger partial charge in [0.2, 0.25) is 0 Å². The van der Waals surface area contributed by atoms with Gasteiger partial charge in [-0.2, -0.15) is 0 Å².